The molecule has 36 heavy (non-hydrogen) atoms. The van der Waals surface area contributed by atoms with E-state index in [0.717, 1.165) is 17.1 Å². The van der Waals surface area contributed by atoms with Gasteiger partial charge in [-0.1, -0.05) is 40.9 Å². The summed E-state index contributed by atoms with van der Waals surface area (Å²) in [6, 6.07) is 20.5. The van der Waals surface area contributed by atoms with Crippen molar-refractivity contribution in [2.45, 2.75) is 0 Å². The van der Waals surface area contributed by atoms with Crippen LogP contribution in [0.15, 0.2) is 72.9 Å². The van der Waals surface area contributed by atoms with Crippen molar-refractivity contribution in [2.24, 2.45) is 0 Å². The van der Waals surface area contributed by atoms with Gasteiger partial charge >= 0.3 is 0 Å². The van der Waals surface area contributed by atoms with Crippen molar-refractivity contribution in [2.75, 3.05) is 38.2 Å². The fraction of sp³-hybridized carbons (Fsp3) is 0.185. The largest absolute Gasteiger partial charge is 0.497 e. The molecule has 0 N–H and O–H groups in total. The maximum Gasteiger partial charge on any atom is 0.274 e. The number of methoxy groups -OCH3 is 1. The molecule has 1 aromatic heterocycles. The number of halogens is 3. The molecular weight excluding hydrogens is 519 g/mol. The molecule has 0 aliphatic carbocycles. The number of aromatic nitrogens is 2. The maximum absolute atomic E-state index is 13.5. The lowest BCUT2D eigenvalue weighted by Gasteiger charge is -2.35. The molecule has 2 heterocycles. The summed E-state index contributed by atoms with van der Waals surface area (Å²) in [5, 5.41) is 1.60. The Kier molecular flexibility index (Phi) is 7.10. The third-order valence-corrected chi connectivity index (χ3v) is 6.99. The molecule has 4 aromatic rings. The number of nitrogens with zero attached hydrogens (tertiary/aromatic N) is 4. The van der Waals surface area contributed by atoms with Crippen LogP contribution in [-0.4, -0.2) is 53.6 Å². The van der Waals surface area contributed by atoms with Crippen molar-refractivity contribution in [1.29, 1.82) is 0 Å². The number of anilines is 1. The van der Waals surface area contributed by atoms with Crippen LogP contribution >= 0.6 is 34.8 Å². The van der Waals surface area contributed by atoms with E-state index in [0.29, 0.717) is 58.3 Å². The second kappa shape index (κ2) is 10.4. The molecule has 0 spiro atoms. The average Bonchev–Trinajstić information content (AvgIpc) is 3.34. The van der Waals surface area contributed by atoms with Gasteiger partial charge in [-0.05, 0) is 54.6 Å². The SMILES string of the molecule is COc1cccc(N2CCN(C(=O)c3cn(-c4ccc(Cl)cc4)c(-c4ccc(Cl)cc4Cl)n3)CC2)c1. The van der Waals surface area contributed by atoms with Crippen molar-refractivity contribution in [3.8, 4) is 22.8 Å². The summed E-state index contributed by atoms with van der Waals surface area (Å²) >= 11 is 18.7. The Morgan fingerprint density at radius 3 is 2.28 bits per heavy atom. The number of piperazine rings is 1. The molecule has 0 radical (unpaired) electrons. The summed E-state index contributed by atoms with van der Waals surface area (Å²) in [5.74, 6) is 1.24. The number of hydrogen-bond acceptors (Lipinski definition) is 4. The first-order valence-corrected chi connectivity index (χ1v) is 12.6. The fourth-order valence-electron chi connectivity index (χ4n) is 4.28. The van der Waals surface area contributed by atoms with Crippen LogP contribution in [0.1, 0.15) is 10.5 Å². The van der Waals surface area contributed by atoms with E-state index in [1.165, 1.54) is 0 Å². The normalized spacial score (nSPS) is 13.7. The Morgan fingerprint density at radius 2 is 1.58 bits per heavy atom. The summed E-state index contributed by atoms with van der Waals surface area (Å²) in [6.45, 7) is 2.60. The van der Waals surface area contributed by atoms with Gasteiger partial charge in [-0.15, -0.1) is 0 Å². The smallest absolute Gasteiger partial charge is 0.274 e. The zero-order chi connectivity index (χ0) is 25.2. The highest BCUT2D eigenvalue weighted by Gasteiger charge is 2.26. The van der Waals surface area contributed by atoms with E-state index in [4.69, 9.17) is 44.5 Å². The van der Waals surface area contributed by atoms with Crippen molar-refractivity contribution in [1.82, 2.24) is 14.5 Å². The molecule has 5 rings (SSSR count). The molecule has 1 amide bonds. The number of amides is 1. The maximum atomic E-state index is 13.5. The van der Waals surface area contributed by atoms with Gasteiger partial charge in [0.1, 0.15) is 17.3 Å². The second-order valence-corrected chi connectivity index (χ2v) is 9.68. The minimum absolute atomic E-state index is 0.126. The van der Waals surface area contributed by atoms with Gasteiger partial charge in [0.15, 0.2) is 0 Å². The van der Waals surface area contributed by atoms with Crippen molar-refractivity contribution in [3.05, 3.63) is 93.7 Å². The quantitative estimate of drug-likeness (QED) is 0.291. The summed E-state index contributed by atoms with van der Waals surface area (Å²) in [5.41, 5.74) is 2.92. The first-order valence-electron chi connectivity index (χ1n) is 11.4. The van der Waals surface area contributed by atoms with Gasteiger partial charge in [0.05, 0.1) is 12.1 Å². The third-order valence-electron chi connectivity index (χ3n) is 6.19. The number of hydrogen-bond donors (Lipinski definition) is 0. The summed E-state index contributed by atoms with van der Waals surface area (Å²) in [7, 11) is 1.66. The zero-order valence-electron chi connectivity index (χ0n) is 19.5. The second-order valence-electron chi connectivity index (χ2n) is 8.40. The van der Waals surface area contributed by atoms with Crippen molar-refractivity contribution >= 4 is 46.4 Å². The lowest BCUT2D eigenvalue weighted by atomic mass is 10.2. The molecular formula is C27H23Cl3N4O2. The van der Waals surface area contributed by atoms with E-state index in [2.05, 4.69) is 11.0 Å². The fourth-order valence-corrected chi connectivity index (χ4v) is 4.90. The average molecular weight is 542 g/mol. The molecule has 0 saturated carbocycles. The van der Waals surface area contributed by atoms with Crippen LogP contribution in [0, 0.1) is 0 Å². The monoisotopic (exact) mass is 540 g/mol. The van der Waals surface area contributed by atoms with Crippen LogP contribution in [0.25, 0.3) is 17.1 Å². The van der Waals surface area contributed by atoms with E-state index in [1.54, 1.807) is 43.6 Å². The highest BCUT2D eigenvalue weighted by molar-refractivity contribution is 6.36. The predicted molar refractivity (Wildman–Crippen MR) is 145 cm³/mol. The van der Waals surface area contributed by atoms with Crippen molar-refractivity contribution in [3.63, 3.8) is 0 Å². The van der Waals surface area contributed by atoms with Gasteiger partial charge in [0, 0.05) is 65.4 Å². The first-order chi connectivity index (χ1) is 17.4. The van der Waals surface area contributed by atoms with E-state index < -0.39 is 0 Å². The third kappa shape index (κ3) is 5.03. The molecule has 1 saturated heterocycles. The topological polar surface area (TPSA) is 50.6 Å². The van der Waals surface area contributed by atoms with Crippen LogP contribution in [0.4, 0.5) is 5.69 Å². The highest BCUT2D eigenvalue weighted by atomic mass is 35.5. The Hall–Kier alpha value is -3.19. The van der Waals surface area contributed by atoms with Crippen LogP contribution in [0.5, 0.6) is 5.75 Å². The minimum atomic E-state index is -0.126. The minimum Gasteiger partial charge on any atom is -0.497 e. The first kappa shape index (κ1) is 24.5. The van der Waals surface area contributed by atoms with Gasteiger partial charge in [-0.3, -0.25) is 9.36 Å². The van der Waals surface area contributed by atoms with Gasteiger partial charge < -0.3 is 14.5 Å². The van der Waals surface area contributed by atoms with Gasteiger partial charge in [-0.25, -0.2) is 4.98 Å². The van der Waals surface area contributed by atoms with E-state index >= 15 is 0 Å². The number of ether oxygens (including phenoxy) is 1. The molecule has 184 valence electrons. The summed E-state index contributed by atoms with van der Waals surface area (Å²) in [6.07, 6.45) is 1.75. The molecule has 1 aliphatic heterocycles. The van der Waals surface area contributed by atoms with E-state index in [-0.39, 0.29) is 5.91 Å². The lowest BCUT2D eigenvalue weighted by molar-refractivity contribution is 0.0741. The molecule has 1 aliphatic rings. The van der Waals surface area contributed by atoms with Crippen LogP contribution in [-0.2, 0) is 0 Å². The van der Waals surface area contributed by atoms with Gasteiger partial charge in [-0.2, -0.15) is 0 Å². The van der Waals surface area contributed by atoms with Gasteiger partial charge in [0.25, 0.3) is 5.91 Å². The zero-order valence-corrected chi connectivity index (χ0v) is 21.8. The molecule has 3 aromatic carbocycles. The Morgan fingerprint density at radius 1 is 0.861 bits per heavy atom. The van der Waals surface area contributed by atoms with E-state index in [9.17, 15) is 4.79 Å². The van der Waals surface area contributed by atoms with Crippen LogP contribution in [0.3, 0.4) is 0 Å². The molecule has 0 bridgehead atoms. The molecule has 9 heteroatoms. The number of rotatable bonds is 5. The Bertz CT molecular complexity index is 1400. The molecule has 1 fully saturated rings. The number of imidazole rings is 1. The highest BCUT2D eigenvalue weighted by Crippen LogP contribution is 2.32. The summed E-state index contributed by atoms with van der Waals surface area (Å²) in [4.78, 5) is 22.3. The van der Waals surface area contributed by atoms with Crippen molar-refractivity contribution < 1.29 is 9.53 Å². The standard InChI is InChI=1S/C27H23Cl3N4O2/c1-36-22-4-2-3-21(16-22)32-11-13-33(14-12-32)27(35)25-17-34(20-8-5-18(28)6-9-20)26(31-25)23-10-7-19(29)15-24(23)30/h2-10,15-17H,11-14H2,1H3. The Labute approximate surface area is 224 Å². The lowest BCUT2D eigenvalue weighted by Crippen LogP contribution is -2.48. The molecule has 0 atom stereocenters. The van der Waals surface area contributed by atoms with Crippen LogP contribution < -0.4 is 9.64 Å². The molecule has 0 unspecified atom stereocenters. The van der Waals surface area contributed by atoms with E-state index in [1.807, 2.05) is 39.8 Å². The predicted octanol–water partition coefficient (Wildman–Crippen LogP) is 6.47. The molecule has 6 nitrogen and oxygen atoms in total. The Balaban J connectivity index is 1.42. The van der Waals surface area contributed by atoms with Crippen LogP contribution in [0.2, 0.25) is 15.1 Å². The summed E-state index contributed by atoms with van der Waals surface area (Å²) < 4.78 is 7.20. The number of benzene rings is 3. The number of carbonyl (C=O) groups is 1. The van der Waals surface area contributed by atoms with Gasteiger partial charge in [0.2, 0.25) is 0 Å². The number of carbonyl (C=O) groups excluding carboxylic acids is 1.